The highest BCUT2D eigenvalue weighted by Crippen LogP contribution is 2.30. The number of nitrogens with one attached hydrogen (secondary N) is 1. The maximum Gasteiger partial charge on any atom is 0.0315 e. The normalized spacial score (nSPS) is 26.2. The lowest BCUT2D eigenvalue weighted by Gasteiger charge is -2.33. The van der Waals surface area contributed by atoms with Crippen molar-refractivity contribution in [3.8, 4) is 0 Å². The molecular weight excluding hydrogens is 220 g/mol. The molecule has 1 aromatic heterocycles. The zero-order valence-corrected chi connectivity index (χ0v) is 11.9. The molecule has 0 aromatic carbocycles. The monoisotopic (exact) mass is 246 g/mol. The standard InChI is InChI=1S/C16H26N2/c1-12(2)14-6-8-16(9-7-14)18-13(3)15-5-4-10-17-11-15/h4-5,10-14,16,18H,6-9H2,1-3H3/t13-,14?,16?/m1/s1. The quantitative estimate of drug-likeness (QED) is 0.870. The molecule has 0 spiro atoms. The lowest BCUT2D eigenvalue weighted by molar-refractivity contribution is 0.231. The predicted molar refractivity (Wildman–Crippen MR) is 76.4 cm³/mol. The van der Waals surface area contributed by atoms with E-state index in [0.29, 0.717) is 12.1 Å². The van der Waals surface area contributed by atoms with E-state index in [1.807, 2.05) is 18.5 Å². The smallest absolute Gasteiger partial charge is 0.0315 e. The van der Waals surface area contributed by atoms with Crippen LogP contribution in [0.25, 0.3) is 0 Å². The molecule has 2 heteroatoms. The molecule has 1 heterocycles. The minimum atomic E-state index is 0.416. The van der Waals surface area contributed by atoms with Gasteiger partial charge in [-0.3, -0.25) is 4.98 Å². The van der Waals surface area contributed by atoms with Gasteiger partial charge in [-0.05, 0) is 56.1 Å². The molecule has 1 atom stereocenters. The van der Waals surface area contributed by atoms with E-state index >= 15 is 0 Å². The summed E-state index contributed by atoms with van der Waals surface area (Å²) in [5.74, 6) is 1.79. The first kappa shape index (κ1) is 13.5. The number of hydrogen-bond donors (Lipinski definition) is 1. The van der Waals surface area contributed by atoms with Gasteiger partial charge in [-0.2, -0.15) is 0 Å². The first-order valence-corrected chi connectivity index (χ1v) is 7.32. The van der Waals surface area contributed by atoms with E-state index in [1.54, 1.807) is 0 Å². The summed E-state index contributed by atoms with van der Waals surface area (Å²) in [7, 11) is 0. The topological polar surface area (TPSA) is 24.9 Å². The molecule has 0 saturated heterocycles. The Morgan fingerprint density at radius 3 is 2.44 bits per heavy atom. The Morgan fingerprint density at radius 1 is 1.17 bits per heavy atom. The van der Waals surface area contributed by atoms with E-state index in [2.05, 4.69) is 37.1 Å². The van der Waals surface area contributed by atoms with Gasteiger partial charge in [0.15, 0.2) is 0 Å². The van der Waals surface area contributed by atoms with Crippen LogP contribution >= 0.6 is 0 Å². The van der Waals surface area contributed by atoms with Gasteiger partial charge in [0, 0.05) is 24.5 Å². The molecule has 0 radical (unpaired) electrons. The van der Waals surface area contributed by atoms with Gasteiger partial charge in [-0.1, -0.05) is 19.9 Å². The Kier molecular flexibility index (Phi) is 4.76. The first-order chi connectivity index (χ1) is 8.66. The second kappa shape index (κ2) is 6.33. The van der Waals surface area contributed by atoms with Crippen molar-refractivity contribution in [3.05, 3.63) is 30.1 Å². The van der Waals surface area contributed by atoms with Crippen molar-refractivity contribution >= 4 is 0 Å². The van der Waals surface area contributed by atoms with Gasteiger partial charge in [0.1, 0.15) is 0 Å². The third-order valence-electron chi connectivity index (χ3n) is 4.38. The second-order valence-corrected chi connectivity index (χ2v) is 6.03. The SMILES string of the molecule is CC(C)C1CCC(N[C@H](C)c2cccnc2)CC1. The van der Waals surface area contributed by atoms with Crippen molar-refractivity contribution < 1.29 is 0 Å². The van der Waals surface area contributed by atoms with E-state index in [-0.39, 0.29) is 0 Å². The average molecular weight is 246 g/mol. The van der Waals surface area contributed by atoms with Crippen LogP contribution in [0.1, 0.15) is 58.1 Å². The molecule has 1 aromatic rings. The first-order valence-electron chi connectivity index (χ1n) is 7.32. The van der Waals surface area contributed by atoms with Crippen molar-refractivity contribution in [3.63, 3.8) is 0 Å². The van der Waals surface area contributed by atoms with Gasteiger partial charge in [-0.15, -0.1) is 0 Å². The third kappa shape index (κ3) is 3.55. The molecule has 2 rings (SSSR count). The summed E-state index contributed by atoms with van der Waals surface area (Å²) in [6.07, 6.45) is 9.23. The number of rotatable bonds is 4. The Balaban J connectivity index is 1.81. The predicted octanol–water partition coefficient (Wildman–Crippen LogP) is 3.95. The van der Waals surface area contributed by atoms with Crippen LogP contribution in [0.2, 0.25) is 0 Å². The third-order valence-corrected chi connectivity index (χ3v) is 4.38. The molecule has 0 bridgehead atoms. The molecule has 0 aliphatic heterocycles. The fraction of sp³-hybridized carbons (Fsp3) is 0.688. The molecular formula is C16H26N2. The molecule has 0 amide bonds. The average Bonchev–Trinajstić information content (AvgIpc) is 2.40. The Bertz CT molecular complexity index is 339. The van der Waals surface area contributed by atoms with Gasteiger partial charge in [0.25, 0.3) is 0 Å². The molecule has 1 fully saturated rings. The summed E-state index contributed by atoms with van der Waals surface area (Å²) < 4.78 is 0. The number of pyridine rings is 1. The van der Waals surface area contributed by atoms with Crippen LogP contribution in [0.4, 0.5) is 0 Å². The van der Waals surface area contributed by atoms with Crippen molar-refractivity contribution in [1.82, 2.24) is 10.3 Å². The van der Waals surface area contributed by atoms with Gasteiger partial charge in [-0.25, -0.2) is 0 Å². The van der Waals surface area contributed by atoms with Crippen LogP contribution in [0.5, 0.6) is 0 Å². The fourth-order valence-electron chi connectivity index (χ4n) is 3.03. The van der Waals surface area contributed by atoms with Crippen LogP contribution < -0.4 is 5.32 Å². The van der Waals surface area contributed by atoms with Crippen LogP contribution in [-0.4, -0.2) is 11.0 Å². The summed E-state index contributed by atoms with van der Waals surface area (Å²) in [5, 5.41) is 3.75. The molecule has 0 unspecified atom stereocenters. The fourth-order valence-corrected chi connectivity index (χ4v) is 3.03. The maximum absolute atomic E-state index is 4.19. The minimum absolute atomic E-state index is 0.416. The highest BCUT2D eigenvalue weighted by Gasteiger charge is 2.24. The molecule has 1 saturated carbocycles. The summed E-state index contributed by atoms with van der Waals surface area (Å²) in [6, 6.07) is 5.28. The summed E-state index contributed by atoms with van der Waals surface area (Å²) in [4.78, 5) is 4.19. The lowest BCUT2D eigenvalue weighted by Crippen LogP contribution is -2.35. The van der Waals surface area contributed by atoms with Gasteiger partial charge < -0.3 is 5.32 Å². The number of aromatic nitrogens is 1. The highest BCUT2D eigenvalue weighted by molar-refractivity contribution is 5.13. The highest BCUT2D eigenvalue weighted by atomic mass is 14.9. The zero-order chi connectivity index (χ0) is 13.0. The second-order valence-electron chi connectivity index (χ2n) is 6.03. The van der Waals surface area contributed by atoms with Gasteiger partial charge in [0.2, 0.25) is 0 Å². The van der Waals surface area contributed by atoms with Crippen LogP contribution in [0, 0.1) is 11.8 Å². The Morgan fingerprint density at radius 2 is 1.89 bits per heavy atom. The van der Waals surface area contributed by atoms with E-state index in [4.69, 9.17) is 0 Å². The van der Waals surface area contributed by atoms with Gasteiger partial charge >= 0.3 is 0 Å². The van der Waals surface area contributed by atoms with Crippen LogP contribution in [0.15, 0.2) is 24.5 Å². The minimum Gasteiger partial charge on any atom is -0.307 e. The van der Waals surface area contributed by atoms with E-state index in [1.165, 1.54) is 31.2 Å². The summed E-state index contributed by atoms with van der Waals surface area (Å²) in [5.41, 5.74) is 1.29. The molecule has 18 heavy (non-hydrogen) atoms. The molecule has 1 aliphatic rings. The molecule has 1 N–H and O–H groups in total. The summed E-state index contributed by atoms with van der Waals surface area (Å²) in [6.45, 7) is 6.96. The maximum atomic E-state index is 4.19. The number of nitrogens with zero attached hydrogens (tertiary/aromatic N) is 1. The van der Waals surface area contributed by atoms with Crippen molar-refractivity contribution in [2.45, 2.75) is 58.5 Å². The Labute approximate surface area is 111 Å². The largest absolute Gasteiger partial charge is 0.307 e. The van der Waals surface area contributed by atoms with Crippen LogP contribution in [-0.2, 0) is 0 Å². The molecule has 2 nitrogen and oxygen atoms in total. The van der Waals surface area contributed by atoms with E-state index in [9.17, 15) is 0 Å². The van der Waals surface area contributed by atoms with Crippen molar-refractivity contribution in [2.24, 2.45) is 11.8 Å². The number of hydrogen-bond acceptors (Lipinski definition) is 2. The zero-order valence-electron chi connectivity index (χ0n) is 11.9. The summed E-state index contributed by atoms with van der Waals surface area (Å²) >= 11 is 0. The van der Waals surface area contributed by atoms with Crippen molar-refractivity contribution in [2.75, 3.05) is 0 Å². The molecule has 100 valence electrons. The van der Waals surface area contributed by atoms with Crippen LogP contribution in [0.3, 0.4) is 0 Å². The molecule has 1 aliphatic carbocycles. The van der Waals surface area contributed by atoms with Crippen molar-refractivity contribution in [1.29, 1.82) is 0 Å². The van der Waals surface area contributed by atoms with E-state index < -0.39 is 0 Å². The van der Waals surface area contributed by atoms with Gasteiger partial charge in [0.05, 0.1) is 0 Å². The Hall–Kier alpha value is -0.890. The lowest BCUT2D eigenvalue weighted by atomic mass is 9.79. The van der Waals surface area contributed by atoms with E-state index in [0.717, 1.165) is 11.8 Å².